The van der Waals surface area contributed by atoms with Gasteiger partial charge in [-0.3, -0.25) is 0 Å². The number of hydrogen-bond donors (Lipinski definition) is 1. The number of ether oxygens (including phenoxy) is 1. The van der Waals surface area contributed by atoms with E-state index in [1.165, 1.54) is 6.20 Å². The molecule has 0 fully saturated rings. The van der Waals surface area contributed by atoms with Gasteiger partial charge in [0.2, 0.25) is 0 Å². The second-order valence-corrected chi connectivity index (χ2v) is 3.93. The zero-order valence-corrected chi connectivity index (χ0v) is 10.1. The van der Waals surface area contributed by atoms with Gasteiger partial charge in [-0.25, -0.2) is 9.78 Å². The number of rotatable bonds is 2. The Kier molecular flexibility index (Phi) is 2.95. The van der Waals surface area contributed by atoms with E-state index in [0.717, 1.165) is 28.1 Å². The molecular formula is C13H14N2O2. The van der Waals surface area contributed by atoms with E-state index >= 15 is 0 Å². The molecule has 4 nitrogen and oxygen atoms in total. The normalized spacial score (nSPS) is 10.3. The number of H-pyrrole nitrogens is 1. The lowest BCUT2D eigenvalue weighted by Gasteiger charge is -2.11. The lowest BCUT2D eigenvalue weighted by atomic mass is 10.0. The van der Waals surface area contributed by atoms with Gasteiger partial charge in [-0.15, -0.1) is 0 Å². The maximum atomic E-state index is 11.2. The van der Waals surface area contributed by atoms with Gasteiger partial charge in [0.25, 0.3) is 0 Å². The highest BCUT2D eigenvalue weighted by molar-refractivity contribution is 5.63. The first kappa shape index (κ1) is 11.4. The summed E-state index contributed by atoms with van der Waals surface area (Å²) in [7, 11) is 1.66. The van der Waals surface area contributed by atoms with Crippen LogP contribution in [0.1, 0.15) is 11.1 Å². The Balaban J connectivity index is 2.58. The van der Waals surface area contributed by atoms with Crippen LogP contribution in [-0.2, 0) is 0 Å². The van der Waals surface area contributed by atoms with Crippen LogP contribution in [0.4, 0.5) is 0 Å². The average molecular weight is 230 g/mol. The average Bonchev–Trinajstić information content (AvgIpc) is 2.28. The van der Waals surface area contributed by atoms with E-state index in [-0.39, 0.29) is 5.69 Å². The van der Waals surface area contributed by atoms with Crippen LogP contribution in [0, 0.1) is 13.8 Å². The summed E-state index contributed by atoms with van der Waals surface area (Å²) >= 11 is 0. The van der Waals surface area contributed by atoms with Crippen LogP contribution in [0.25, 0.3) is 11.3 Å². The summed E-state index contributed by atoms with van der Waals surface area (Å²) in [6.45, 7) is 3.96. The Hall–Kier alpha value is -2.10. The zero-order valence-electron chi connectivity index (χ0n) is 10.1. The predicted molar refractivity (Wildman–Crippen MR) is 66.3 cm³/mol. The fourth-order valence-electron chi connectivity index (χ4n) is 1.96. The van der Waals surface area contributed by atoms with Crippen molar-refractivity contribution < 1.29 is 4.74 Å². The number of aromatic nitrogens is 2. The van der Waals surface area contributed by atoms with Crippen LogP contribution in [0.5, 0.6) is 5.75 Å². The molecule has 1 aromatic carbocycles. The zero-order chi connectivity index (χ0) is 12.4. The molecule has 0 unspecified atom stereocenters. The van der Waals surface area contributed by atoms with Gasteiger partial charge in [-0.05, 0) is 48.7 Å². The maximum absolute atomic E-state index is 11.2. The minimum atomic E-state index is -0.339. The predicted octanol–water partition coefficient (Wildman–Crippen LogP) is 2.06. The highest BCUT2D eigenvalue weighted by atomic mass is 16.5. The van der Waals surface area contributed by atoms with E-state index < -0.39 is 0 Å². The van der Waals surface area contributed by atoms with Crippen molar-refractivity contribution in [1.82, 2.24) is 9.97 Å². The van der Waals surface area contributed by atoms with E-state index in [1.54, 1.807) is 13.2 Å². The lowest BCUT2D eigenvalue weighted by Crippen LogP contribution is -2.09. The molecule has 17 heavy (non-hydrogen) atoms. The van der Waals surface area contributed by atoms with E-state index in [2.05, 4.69) is 9.97 Å². The fraction of sp³-hybridized carbons (Fsp3) is 0.231. The number of hydrogen-bond acceptors (Lipinski definition) is 3. The number of nitrogens with one attached hydrogen (secondary N) is 1. The number of benzene rings is 1. The van der Waals surface area contributed by atoms with Gasteiger partial charge in [0.1, 0.15) is 5.75 Å². The van der Waals surface area contributed by atoms with E-state index in [0.29, 0.717) is 0 Å². The highest BCUT2D eigenvalue weighted by Crippen LogP contribution is 2.28. The molecule has 1 aromatic heterocycles. The largest absolute Gasteiger partial charge is 0.496 e. The van der Waals surface area contributed by atoms with Crippen LogP contribution in [0.15, 0.2) is 29.2 Å². The van der Waals surface area contributed by atoms with Crippen LogP contribution in [0.2, 0.25) is 0 Å². The molecular weight excluding hydrogens is 216 g/mol. The quantitative estimate of drug-likeness (QED) is 0.859. The molecule has 0 atom stereocenters. The van der Waals surface area contributed by atoms with Crippen molar-refractivity contribution in [3.63, 3.8) is 0 Å². The van der Waals surface area contributed by atoms with Crippen LogP contribution in [-0.4, -0.2) is 17.1 Å². The lowest BCUT2D eigenvalue weighted by molar-refractivity contribution is 0.408. The number of methoxy groups -OCH3 is 1. The van der Waals surface area contributed by atoms with Gasteiger partial charge in [0.05, 0.1) is 12.8 Å². The smallest absolute Gasteiger partial charge is 0.345 e. The maximum Gasteiger partial charge on any atom is 0.345 e. The van der Waals surface area contributed by atoms with Crippen LogP contribution >= 0.6 is 0 Å². The van der Waals surface area contributed by atoms with Crippen molar-refractivity contribution in [2.45, 2.75) is 13.8 Å². The molecule has 1 heterocycles. The Labute approximate surface area is 99.3 Å². The molecule has 0 aliphatic heterocycles. The van der Waals surface area contributed by atoms with Gasteiger partial charge >= 0.3 is 5.69 Å². The Morgan fingerprint density at radius 1 is 1.24 bits per heavy atom. The van der Waals surface area contributed by atoms with E-state index in [4.69, 9.17) is 4.74 Å². The number of aryl methyl sites for hydroxylation is 2. The summed E-state index contributed by atoms with van der Waals surface area (Å²) in [6, 6.07) is 5.75. The van der Waals surface area contributed by atoms with Crippen molar-refractivity contribution in [3.8, 4) is 17.0 Å². The molecule has 2 aromatic rings. The van der Waals surface area contributed by atoms with Gasteiger partial charge < -0.3 is 9.72 Å². The molecule has 0 spiro atoms. The molecule has 0 amide bonds. The third-order valence-corrected chi connectivity index (χ3v) is 2.65. The summed E-state index contributed by atoms with van der Waals surface area (Å²) < 4.78 is 5.31. The summed E-state index contributed by atoms with van der Waals surface area (Å²) in [4.78, 5) is 17.5. The van der Waals surface area contributed by atoms with Crippen molar-refractivity contribution in [2.75, 3.05) is 7.11 Å². The van der Waals surface area contributed by atoms with Crippen molar-refractivity contribution >= 4 is 0 Å². The summed E-state index contributed by atoms with van der Waals surface area (Å²) in [6.07, 6.45) is 1.50. The summed E-state index contributed by atoms with van der Waals surface area (Å²) in [5, 5.41) is 0. The van der Waals surface area contributed by atoms with E-state index in [1.807, 2.05) is 26.0 Å². The molecule has 88 valence electrons. The molecule has 1 N–H and O–H groups in total. The standard InChI is InChI=1S/C13H14N2O2/c1-8-6-10(7-9(2)12(8)17-3)11-4-5-14-13(16)15-11/h4-7H,1-3H3,(H,14,15,16). The minimum Gasteiger partial charge on any atom is -0.496 e. The SMILES string of the molecule is COc1c(C)cc(-c2ccnc(=O)[nH]2)cc1C. The highest BCUT2D eigenvalue weighted by Gasteiger charge is 2.07. The third kappa shape index (κ3) is 2.20. The minimum absolute atomic E-state index is 0.339. The Bertz CT molecular complexity index is 579. The number of nitrogens with zero attached hydrogens (tertiary/aromatic N) is 1. The summed E-state index contributed by atoms with van der Waals surface area (Å²) in [5.41, 5.74) is 3.47. The van der Waals surface area contributed by atoms with Crippen molar-refractivity contribution in [2.24, 2.45) is 0 Å². The molecule has 4 heteroatoms. The van der Waals surface area contributed by atoms with Gasteiger partial charge in [-0.1, -0.05) is 0 Å². The molecule has 0 saturated heterocycles. The van der Waals surface area contributed by atoms with Crippen molar-refractivity contribution in [1.29, 1.82) is 0 Å². The topological polar surface area (TPSA) is 55.0 Å². The van der Waals surface area contributed by atoms with E-state index in [9.17, 15) is 4.79 Å². The molecule has 0 aliphatic rings. The second kappa shape index (κ2) is 4.41. The monoisotopic (exact) mass is 230 g/mol. The second-order valence-electron chi connectivity index (χ2n) is 3.93. The number of aromatic amines is 1. The third-order valence-electron chi connectivity index (χ3n) is 2.65. The van der Waals surface area contributed by atoms with Gasteiger partial charge in [0, 0.05) is 6.20 Å². The molecule has 0 radical (unpaired) electrons. The fourth-order valence-corrected chi connectivity index (χ4v) is 1.96. The Morgan fingerprint density at radius 2 is 1.88 bits per heavy atom. The van der Waals surface area contributed by atoms with Crippen LogP contribution in [0.3, 0.4) is 0 Å². The molecule has 0 bridgehead atoms. The van der Waals surface area contributed by atoms with Gasteiger partial charge in [0.15, 0.2) is 0 Å². The first-order valence-electron chi connectivity index (χ1n) is 5.33. The first-order chi connectivity index (χ1) is 8.11. The molecule has 0 aliphatic carbocycles. The van der Waals surface area contributed by atoms with Gasteiger partial charge in [-0.2, -0.15) is 0 Å². The first-order valence-corrected chi connectivity index (χ1v) is 5.33. The van der Waals surface area contributed by atoms with Crippen LogP contribution < -0.4 is 10.4 Å². The molecule has 2 rings (SSSR count). The summed E-state index contributed by atoms with van der Waals surface area (Å²) in [5.74, 6) is 0.880. The molecule has 0 saturated carbocycles. The van der Waals surface area contributed by atoms with Crippen molar-refractivity contribution in [3.05, 3.63) is 46.0 Å². The Morgan fingerprint density at radius 3 is 2.41 bits per heavy atom.